The van der Waals surface area contributed by atoms with Gasteiger partial charge < -0.3 is 9.47 Å². The molecule has 2 bridgehead atoms. The van der Waals surface area contributed by atoms with E-state index in [4.69, 9.17) is 9.47 Å². The molecule has 2 unspecified atom stereocenters. The van der Waals surface area contributed by atoms with Crippen LogP contribution in [0.2, 0.25) is 19.6 Å². The quantitative estimate of drug-likeness (QED) is 0.569. The third kappa shape index (κ3) is 4.66. The molecule has 0 N–H and O–H groups in total. The normalized spacial score (nSPS) is 25.4. The van der Waals surface area contributed by atoms with Gasteiger partial charge >= 0.3 is 6.09 Å². The molecule has 2 atom stereocenters. The molecule has 0 aromatic heterocycles. The molecular formula is C22H33NO4Si. The molecule has 1 aromatic rings. The van der Waals surface area contributed by atoms with Crippen LogP contribution in [0.4, 0.5) is 4.79 Å². The van der Waals surface area contributed by atoms with Gasteiger partial charge in [-0.15, -0.1) is 0 Å². The predicted octanol–water partition coefficient (Wildman–Crippen LogP) is 3.83. The predicted molar refractivity (Wildman–Crippen MR) is 113 cm³/mol. The highest BCUT2D eigenvalue weighted by molar-refractivity contribution is 6.88. The van der Waals surface area contributed by atoms with Crippen molar-refractivity contribution in [3.05, 3.63) is 29.8 Å². The molecule has 3 rings (SSSR count). The number of rotatable bonds is 3. The van der Waals surface area contributed by atoms with E-state index in [1.54, 1.807) is 0 Å². The number of Topliss-reactive ketones (excluding diaryl/α,β-unsaturated/α-hetero) is 1. The lowest BCUT2D eigenvalue weighted by atomic mass is 9.81. The number of amides is 1. The van der Waals surface area contributed by atoms with Crippen LogP contribution in [0.1, 0.15) is 44.0 Å². The van der Waals surface area contributed by atoms with Crippen molar-refractivity contribution in [1.82, 2.24) is 4.90 Å². The number of piperidine rings is 1. The summed E-state index contributed by atoms with van der Waals surface area (Å²) in [5.74, 6) is 0.109. The Kier molecular flexibility index (Phi) is 5.74. The fourth-order valence-electron chi connectivity index (χ4n) is 4.11. The molecule has 1 amide bonds. The maximum atomic E-state index is 13.1. The van der Waals surface area contributed by atoms with Crippen LogP contribution in [-0.2, 0) is 9.47 Å². The van der Waals surface area contributed by atoms with Crippen molar-refractivity contribution in [1.29, 1.82) is 0 Å². The summed E-state index contributed by atoms with van der Waals surface area (Å²) in [6, 6.07) is 7.97. The van der Waals surface area contributed by atoms with E-state index in [-0.39, 0.29) is 29.9 Å². The highest BCUT2D eigenvalue weighted by atomic mass is 28.3. The maximum absolute atomic E-state index is 13.1. The van der Waals surface area contributed by atoms with Gasteiger partial charge in [-0.3, -0.25) is 9.69 Å². The van der Waals surface area contributed by atoms with E-state index < -0.39 is 13.7 Å². The number of ketones is 1. The summed E-state index contributed by atoms with van der Waals surface area (Å²) in [7, 11) is -1.38. The van der Waals surface area contributed by atoms with Crippen LogP contribution in [0.5, 0.6) is 0 Å². The fourth-order valence-corrected chi connectivity index (χ4v) is 5.28. The summed E-state index contributed by atoms with van der Waals surface area (Å²) in [5, 5.41) is 1.36. The average Bonchev–Trinajstić information content (AvgIpc) is 2.57. The maximum Gasteiger partial charge on any atom is 0.410 e. The molecule has 5 nitrogen and oxygen atoms in total. The summed E-state index contributed by atoms with van der Waals surface area (Å²) < 4.78 is 11.3. The minimum atomic E-state index is -1.38. The van der Waals surface area contributed by atoms with Gasteiger partial charge in [0.15, 0.2) is 5.78 Å². The van der Waals surface area contributed by atoms with Gasteiger partial charge in [0.2, 0.25) is 0 Å². The Bertz CT molecular complexity index is 718. The number of carbonyl (C=O) groups is 2. The van der Waals surface area contributed by atoms with Crippen LogP contribution in [0.25, 0.3) is 0 Å². The van der Waals surface area contributed by atoms with Crippen LogP contribution in [-0.4, -0.2) is 55.7 Å². The van der Waals surface area contributed by atoms with Gasteiger partial charge in [0.25, 0.3) is 0 Å². The Morgan fingerprint density at radius 3 is 2.04 bits per heavy atom. The molecule has 2 heterocycles. The molecule has 2 aliphatic heterocycles. The van der Waals surface area contributed by atoms with Gasteiger partial charge in [0.05, 0.1) is 33.4 Å². The Morgan fingerprint density at radius 2 is 1.57 bits per heavy atom. The molecular weight excluding hydrogens is 370 g/mol. The first-order chi connectivity index (χ1) is 13.0. The van der Waals surface area contributed by atoms with E-state index in [9.17, 15) is 9.59 Å². The van der Waals surface area contributed by atoms with E-state index in [1.165, 1.54) is 5.19 Å². The molecule has 28 heavy (non-hydrogen) atoms. The SMILES string of the molecule is CC(C)(C)OC(=O)N1C2COCC1CC(C(=O)c1ccc([Si](C)(C)C)cc1)C2. The zero-order valence-corrected chi connectivity index (χ0v) is 19.0. The molecule has 2 aliphatic rings. The number of fused-ring (bicyclic) bond motifs is 2. The summed E-state index contributed by atoms with van der Waals surface area (Å²) in [5.41, 5.74) is 0.244. The number of ether oxygens (including phenoxy) is 2. The molecule has 0 aliphatic carbocycles. The molecule has 0 spiro atoms. The van der Waals surface area contributed by atoms with Crippen LogP contribution in [0.15, 0.2) is 24.3 Å². The monoisotopic (exact) mass is 403 g/mol. The number of hydrogen-bond acceptors (Lipinski definition) is 4. The van der Waals surface area contributed by atoms with E-state index in [2.05, 4.69) is 31.8 Å². The van der Waals surface area contributed by atoms with Crippen molar-refractivity contribution >= 4 is 25.1 Å². The zero-order chi connectivity index (χ0) is 20.7. The summed E-state index contributed by atoms with van der Waals surface area (Å²) in [6.45, 7) is 13.5. The van der Waals surface area contributed by atoms with Crippen molar-refractivity contribution in [2.24, 2.45) is 5.92 Å². The van der Waals surface area contributed by atoms with Gasteiger partial charge in [-0.1, -0.05) is 49.1 Å². The summed E-state index contributed by atoms with van der Waals surface area (Å²) in [6.07, 6.45) is 0.963. The first-order valence-electron chi connectivity index (χ1n) is 10.2. The van der Waals surface area contributed by atoms with Crippen molar-refractivity contribution in [2.45, 2.75) is 70.9 Å². The van der Waals surface area contributed by atoms with Gasteiger partial charge in [-0.25, -0.2) is 4.79 Å². The van der Waals surface area contributed by atoms with E-state index in [0.29, 0.717) is 26.1 Å². The number of carbonyl (C=O) groups excluding carboxylic acids is 2. The van der Waals surface area contributed by atoms with Crippen molar-refractivity contribution in [3.8, 4) is 0 Å². The second-order valence-electron chi connectivity index (χ2n) is 10.1. The highest BCUT2D eigenvalue weighted by Gasteiger charge is 2.45. The molecule has 0 radical (unpaired) electrons. The van der Waals surface area contributed by atoms with Gasteiger partial charge in [0, 0.05) is 11.5 Å². The van der Waals surface area contributed by atoms with E-state index >= 15 is 0 Å². The smallest absolute Gasteiger partial charge is 0.410 e. The largest absolute Gasteiger partial charge is 0.444 e. The Labute approximate surface area is 169 Å². The topological polar surface area (TPSA) is 55.8 Å². The minimum Gasteiger partial charge on any atom is -0.444 e. The van der Waals surface area contributed by atoms with Crippen molar-refractivity contribution in [3.63, 3.8) is 0 Å². The van der Waals surface area contributed by atoms with Gasteiger partial charge in [0.1, 0.15) is 5.60 Å². The highest BCUT2D eigenvalue weighted by Crippen LogP contribution is 2.34. The Hall–Kier alpha value is -1.66. The lowest BCUT2D eigenvalue weighted by Crippen LogP contribution is -2.60. The molecule has 2 saturated heterocycles. The van der Waals surface area contributed by atoms with Crippen molar-refractivity contribution < 1.29 is 19.1 Å². The number of morpholine rings is 1. The van der Waals surface area contributed by atoms with Crippen LogP contribution >= 0.6 is 0 Å². The third-order valence-electron chi connectivity index (χ3n) is 5.53. The van der Waals surface area contributed by atoms with E-state index in [0.717, 1.165) is 5.56 Å². The number of hydrogen-bond donors (Lipinski definition) is 0. The second kappa shape index (κ2) is 7.63. The Morgan fingerprint density at radius 1 is 1.04 bits per heavy atom. The lowest BCUT2D eigenvalue weighted by Gasteiger charge is -2.47. The van der Waals surface area contributed by atoms with Gasteiger partial charge in [-0.05, 0) is 33.6 Å². The first kappa shape index (κ1) is 21.1. The minimum absolute atomic E-state index is 0.0738. The standard InChI is InChI=1S/C22H33NO4Si/c1-22(2,3)27-21(25)23-17-11-16(12-18(23)14-26-13-17)20(24)15-7-9-19(10-8-15)28(4,5)6/h7-10,16-18H,11-14H2,1-6H3. The summed E-state index contributed by atoms with van der Waals surface area (Å²) >= 11 is 0. The molecule has 1 aromatic carbocycles. The average molecular weight is 404 g/mol. The van der Waals surface area contributed by atoms with Crippen LogP contribution in [0.3, 0.4) is 0 Å². The molecule has 6 heteroatoms. The van der Waals surface area contributed by atoms with Crippen LogP contribution < -0.4 is 5.19 Å². The van der Waals surface area contributed by atoms with Gasteiger partial charge in [-0.2, -0.15) is 0 Å². The Balaban J connectivity index is 1.73. The van der Waals surface area contributed by atoms with E-state index in [1.807, 2.05) is 37.8 Å². The lowest BCUT2D eigenvalue weighted by molar-refractivity contribution is -0.0861. The molecule has 0 saturated carbocycles. The zero-order valence-electron chi connectivity index (χ0n) is 18.0. The second-order valence-corrected chi connectivity index (χ2v) is 15.2. The number of benzene rings is 1. The fraction of sp³-hybridized carbons (Fsp3) is 0.636. The first-order valence-corrected chi connectivity index (χ1v) is 13.7. The third-order valence-corrected chi connectivity index (χ3v) is 7.60. The van der Waals surface area contributed by atoms with Crippen molar-refractivity contribution in [2.75, 3.05) is 13.2 Å². The molecule has 154 valence electrons. The summed E-state index contributed by atoms with van der Waals surface area (Å²) in [4.78, 5) is 27.6. The molecule has 2 fully saturated rings. The number of nitrogens with zero attached hydrogens (tertiary/aromatic N) is 1. The van der Waals surface area contributed by atoms with Crippen LogP contribution in [0, 0.1) is 5.92 Å².